The summed E-state index contributed by atoms with van der Waals surface area (Å²) in [4.78, 5) is 48.8. The van der Waals surface area contributed by atoms with E-state index in [4.69, 9.17) is 34.2 Å². The van der Waals surface area contributed by atoms with Gasteiger partial charge in [-0.3, -0.25) is 4.79 Å². The molecule has 0 saturated heterocycles. The molecule has 0 fully saturated rings. The number of carbonyl (C=O) groups is 4. The van der Waals surface area contributed by atoms with Gasteiger partial charge in [-0.2, -0.15) is 0 Å². The first-order valence-corrected chi connectivity index (χ1v) is 13.2. The van der Waals surface area contributed by atoms with E-state index in [2.05, 4.69) is 0 Å². The number of hydrogen-bond acceptors (Lipinski definition) is 11. The minimum atomic E-state index is -1.08. The predicted molar refractivity (Wildman–Crippen MR) is 144 cm³/mol. The maximum atomic E-state index is 12.5. The Bertz CT molecular complexity index is 1110. The number of hydrogen-bond donors (Lipinski definition) is 1. The Morgan fingerprint density at radius 3 is 2.00 bits per heavy atom. The average molecular weight is 560 g/mol. The van der Waals surface area contributed by atoms with Crippen molar-refractivity contribution in [3.8, 4) is 11.5 Å². The zero-order valence-corrected chi connectivity index (χ0v) is 23.1. The van der Waals surface area contributed by atoms with Gasteiger partial charge in [0.05, 0.1) is 18.8 Å². The predicted octanol–water partition coefficient (Wildman–Crippen LogP) is 4.98. The second kappa shape index (κ2) is 17.5. The summed E-state index contributed by atoms with van der Waals surface area (Å²) >= 11 is 0. The van der Waals surface area contributed by atoms with Crippen LogP contribution in [-0.2, 0) is 30.2 Å². The van der Waals surface area contributed by atoms with E-state index in [9.17, 15) is 19.2 Å². The largest absolute Gasteiger partial charge is 0.513 e. The Hall–Kier alpha value is -4.12. The maximum absolute atomic E-state index is 12.5. The van der Waals surface area contributed by atoms with Gasteiger partial charge in [0.25, 0.3) is 0 Å². The van der Waals surface area contributed by atoms with Crippen LogP contribution in [0.3, 0.4) is 0 Å². The molecule has 2 aromatic carbocycles. The minimum absolute atomic E-state index is 0.0134. The molecule has 0 aliphatic carbocycles. The fourth-order valence-corrected chi connectivity index (χ4v) is 3.18. The van der Waals surface area contributed by atoms with Crippen LogP contribution in [0.5, 0.6) is 11.5 Å². The van der Waals surface area contributed by atoms with Gasteiger partial charge in [-0.15, -0.1) is 0 Å². The quantitative estimate of drug-likeness (QED) is 0.136. The molecule has 0 aliphatic rings. The number of nitrogens with two attached hydrogens (primary N) is 1. The summed E-state index contributed by atoms with van der Waals surface area (Å²) < 4.78 is 31.0. The molecule has 0 aromatic heterocycles. The lowest BCUT2D eigenvalue weighted by Crippen LogP contribution is -2.36. The Morgan fingerprint density at radius 2 is 1.40 bits per heavy atom. The number of benzene rings is 2. The summed E-state index contributed by atoms with van der Waals surface area (Å²) in [6.07, 6.45) is 0.372. The average Bonchev–Trinajstić information content (AvgIpc) is 2.93. The van der Waals surface area contributed by atoms with Gasteiger partial charge in [-0.1, -0.05) is 51.0 Å². The van der Waals surface area contributed by atoms with E-state index >= 15 is 0 Å². The number of carbonyl (C=O) groups excluding carboxylic acids is 4. The lowest BCUT2D eigenvalue weighted by atomic mass is 10.1. The number of unbranched alkanes of at least 4 members (excludes halogenated alkanes) is 2. The summed E-state index contributed by atoms with van der Waals surface area (Å²) in [5, 5.41) is 0. The van der Waals surface area contributed by atoms with Gasteiger partial charge < -0.3 is 34.2 Å². The van der Waals surface area contributed by atoms with E-state index in [0.717, 1.165) is 12.8 Å². The monoisotopic (exact) mass is 559 g/mol. The van der Waals surface area contributed by atoms with E-state index in [1.807, 2.05) is 13.8 Å². The summed E-state index contributed by atoms with van der Waals surface area (Å²) in [7, 11) is 0. The normalized spacial score (nSPS) is 12.0. The molecule has 2 atom stereocenters. The van der Waals surface area contributed by atoms with E-state index in [-0.39, 0.29) is 37.7 Å². The maximum Gasteiger partial charge on any atom is 0.513 e. The van der Waals surface area contributed by atoms with Crippen LogP contribution in [0, 0.1) is 0 Å². The molecule has 0 amide bonds. The number of esters is 2. The molecule has 0 radical (unpaired) electrons. The Labute approximate surface area is 233 Å². The Kier molecular flexibility index (Phi) is 14.0. The molecule has 0 bridgehead atoms. The molecule has 0 unspecified atom stereocenters. The molecule has 2 aromatic rings. The third-order valence-corrected chi connectivity index (χ3v) is 5.37. The summed E-state index contributed by atoms with van der Waals surface area (Å²) in [6.45, 7) is 5.65. The lowest BCUT2D eigenvalue weighted by molar-refractivity contribution is -0.148. The van der Waals surface area contributed by atoms with E-state index in [1.54, 1.807) is 43.3 Å². The second-order valence-corrected chi connectivity index (χ2v) is 8.91. The van der Waals surface area contributed by atoms with Gasteiger partial charge in [-0.25, -0.2) is 14.4 Å². The van der Waals surface area contributed by atoms with Crippen LogP contribution >= 0.6 is 0 Å². The van der Waals surface area contributed by atoms with Crippen molar-refractivity contribution in [3.63, 3.8) is 0 Å². The van der Waals surface area contributed by atoms with Gasteiger partial charge in [0, 0.05) is 0 Å². The van der Waals surface area contributed by atoms with E-state index < -0.39 is 36.4 Å². The number of rotatable bonds is 15. The van der Waals surface area contributed by atoms with Crippen molar-refractivity contribution in [1.82, 2.24) is 0 Å². The van der Waals surface area contributed by atoms with Gasteiger partial charge in [0.1, 0.15) is 18.8 Å². The first kappa shape index (κ1) is 32.1. The zero-order chi connectivity index (χ0) is 29.3. The molecule has 2 N–H and O–H groups in total. The highest BCUT2D eigenvalue weighted by Gasteiger charge is 2.21. The van der Waals surface area contributed by atoms with Gasteiger partial charge in [0.2, 0.25) is 0 Å². The molecule has 0 aliphatic heterocycles. The third kappa shape index (κ3) is 11.7. The summed E-state index contributed by atoms with van der Waals surface area (Å²) in [5.41, 5.74) is 6.90. The highest BCUT2D eigenvalue weighted by Crippen LogP contribution is 2.30. The number of ether oxygens (including phenoxy) is 6. The van der Waals surface area contributed by atoms with Crippen molar-refractivity contribution in [2.75, 3.05) is 19.8 Å². The van der Waals surface area contributed by atoms with Crippen LogP contribution < -0.4 is 15.2 Å². The Balaban J connectivity index is 1.99. The molecule has 11 nitrogen and oxygen atoms in total. The fraction of sp³-hybridized carbons (Fsp3) is 0.448. The van der Waals surface area contributed by atoms with E-state index in [1.165, 1.54) is 12.1 Å². The van der Waals surface area contributed by atoms with Crippen molar-refractivity contribution in [1.29, 1.82) is 0 Å². The van der Waals surface area contributed by atoms with Crippen LogP contribution in [0.25, 0.3) is 0 Å². The Morgan fingerprint density at radius 1 is 0.800 bits per heavy atom. The van der Waals surface area contributed by atoms with Crippen molar-refractivity contribution >= 4 is 24.2 Å². The smallest absolute Gasteiger partial charge is 0.461 e. The second-order valence-electron chi connectivity index (χ2n) is 8.91. The van der Waals surface area contributed by atoms with Crippen molar-refractivity contribution in [2.45, 2.75) is 65.0 Å². The van der Waals surface area contributed by atoms with Gasteiger partial charge in [-0.05, 0) is 56.0 Å². The van der Waals surface area contributed by atoms with Crippen LogP contribution in [0.4, 0.5) is 9.59 Å². The molecule has 11 heteroatoms. The van der Waals surface area contributed by atoms with Gasteiger partial charge >= 0.3 is 24.2 Å². The van der Waals surface area contributed by atoms with Crippen LogP contribution in [0.2, 0.25) is 0 Å². The highest BCUT2D eigenvalue weighted by atomic mass is 16.7. The minimum Gasteiger partial charge on any atom is -0.461 e. The molecular weight excluding hydrogens is 522 g/mol. The molecule has 40 heavy (non-hydrogen) atoms. The molecular formula is C29H37NO10. The molecule has 2 rings (SSSR count). The standard InChI is InChI=1S/C29H37NO10/c1-4-6-15-35-28(33)39-24-14-13-21(18-25(24)40-29(34)36-16-7-5-2)17-23(30)27(32)37-19-20(3)38-26(31)22-11-9-8-10-12-22/h8-14,18,20,23H,4-7,15-17,19,30H2,1-3H3/t20-,23-/m0/s1. The third-order valence-electron chi connectivity index (χ3n) is 5.37. The first-order valence-electron chi connectivity index (χ1n) is 13.2. The first-order chi connectivity index (χ1) is 19.2. The fourth-order valence-electron chi connectivity index (χ4n) is 3.18. The molecule has 0 spiro atoms. The SMILES string of the molecule is CCCCOC(=O)Oc1ccc(C[C@H](N)C(=O)OC[C@H](C)OC(=O)c2ccccc2)cc1OC(=O)OCCCC. The summed E-state index contributed by atoms with van der Waals surface area (Å²) in [5.74, 6) is -1.43. The highest BCUT2D eigenvalue weighted by molar-refractivity contribution is 5.89. The van der Waals surface area contributed by atoms with Gasteiger partial charge in [0.15, 0.2) is 11.5 Å². The topological polar surface area (TPSA) is 150 Å². The molecule has 218 valence electrons. The lowest BCUT2D eigenvalue weighted by Gasteiger charge is -2.17. The molecule has 0 heterocycles. The summed E-state index contributed by atoms with van der Waals surface area (Å²) in [6, 6.07) is 11.7. The van der Waals surface area contributed by atoms with Crippen LogP contribution in [-0.4, -0.2) is 56.2 Å². The van der Waals surface area contributed by atoms with Crippen molar-refractivity contribution in [2.24, 2.45) is 5.73 Å². The van der Waals surface area contributed by atoms with Crippen molar-refractivity contribution < 1.29 is 47.6 Å². The molecule has 0 saturated carbocycles. The van der Waals surface area contributed by atoms with Crippen LogP contribution in [0.15, 0.2) is 48.5 Å². The van der Waals surface area contributed by atoms with Crippen molar-refractivity contribution in [3.05, 3.63) is 59.7 Å². The zero-order valence-electron chi connectivity index (χ0n) is 23.1. The van der Waals surface area contributed by atoms with E-state index in [0.29, 0.717) is 24.0 Å². The van der Waals surface area contributed by atoms with Crippen LogP contribution in [0.1, 0.15) is 62.4 Å².